The number of unbranched alkanes of at least 4 members (excludes halogenated alkanes) is 12. The van der Waals surface area contributed by atoms with Gasteiger partial charge in [0.15, 0.2) is 0 Å². The summed E-state index contributed by atoms with van der Waals surface area (Å²) in [4.78, 5) is 25.5. The first-order chi connectivity index (χ1) is 17.0. The predicted octanol–water partition coefficient (Wildman–Crippen LogP) is 4.26. The molecule has 206 valence electrons. The maximum absolute atomic E-state index is 12.7. The zero-order chi connectivity index (χ0) is 25.4. The van der Waals surface area contributed by atoms with Crippen molar-refractivity contribution >= 4 is 11.6 Å². The van der Waals surface area contributed by atoms with Gasteiger partial charge in [-0.2, -0.15) is 0 Å². The zero-order valence-electron chi connectivity index (χ0n) is 22.9. The van der Waals surface area contributed by atoms with Gasteiger partial charge in [0, 0.05) is 24.1 Å². The van der Waals surface area contributed by atoms with Gasteiger partial charge >= 0.3 is 0 Å². The number of likely N-dealkylation sites (N-methyl/N-ethyl adjacent to an activating group) is 1. The molecule has 36 heavy (non-hydrogen) atoms. The molecule has 1 aromatic rings. The number of carbonyl (C=O) groups is 1. The van der Waals surface area contributed by atoms with Gasteiger partial charge in [-0.15, -0.1) is 0 Å². The molecule has 0 N–H and O–H groups in total. The topological polar surface area (TPSA) is 63.5 Å². The molecule has 0 saturated carbocycles. The standard InChI is InChI=1S/C29H50N3O3.BrH/c1-3-5-6-7-8-9-10-11-12-13-14-15-16-20-29(33)30-21-23-32(4-2,24-22-30)26-27-18-17-19-28(25-27)31(34)35;/h17-19,25H,3-16,20-24,26H2,1-2H3;1H/q+1;/p-1. The minimum Gasteiger partial charge on any atom is -1.00 e. The molecule has 1 fully saturated rings. The Bertz CT molecular complexity index is 751. The van der Waals surface area contributed by atoms with E-state index in [-0.39, 0.29) is 27.6 Å². The highest BCUT2D eigenvalue weighted by Gasteiger charge is 2.33. The molecule has 1 aliphatic rings. The lowest BCUT2D eigenvalue weighted by Gasteiger charge is -2.44. The van der Waals surface area contributed by atoms with Gasteiger partial charge in [-0.3, -0.25) is 14.9 Å². The van der Waals surface area contributed by atoms with E-state index in [0.717, 1.165) is 55.7 Å². The van der Waals surface area contributed by atoms with Crippen LogP contribution in [0.5, 0.6) is 0 Å². The van der Waals surface area contributed by atoms with Gasteiger partial charge in [-0.25, -0.2) is 0 Å². The van der Waals surface area contributed by atoms with Gasteiger partial charge in [0.1, 0.15) is 6.54 Å². The van der Waals surface area contributed by atoms with Gasteiger partial charge in [0.25, 0.3) is 5.69 Å². The number of nitro benzene ring substituents is 1. The normalized spacial score (nSPS) is 14.9. The van der Waals surface area contributed by atoms with E-state index >= 15 is 0 Å². The fraction of sp³-hybridized carbons (Fsp3) is 0.759. The largest absolute Gasteiger partial charge is 1.00 e. The van der Waals surface area contributed by atoms with Crippen LogP contribution in [0.4, 0.5) is 5.69 Å². The van der Waals surface area contributed by atoms with Crippen LogP contribution in [0.15, 0.2) is 24.3 Å². The first-order valence-corrected chi connectivity index (χ1v) is 14.4. The quantitative estimate of drug-likeness (QED) is 0.115. The summed E-state index contributed by atoms with van der Waals surface area (Å²) in [5.74, 6) is 0.303. The van der Waals surface area contributed by atoms with Gasteiger partial charge in [0.2, 0.25) is 5.91 Å². The van der Waals surface area contributed by atoms with E-state index in [1.54, 1.807) is 18.2 Å². The van der Waals surface area contributed by atoms with Crippen LogP contribution >= 0.6 is 0 Å². The highest BCUT2D eigenvalue weighted by atomic mass is 79.9. The lowest BCUT2D eigenvalue weighted by atomic mass is 10.0. The number of piperazine rings is 1. The van der Waals surface area contributed by atoms with Gasteiger partial charge in [0.05, 0.1) is 37.6 Å². The summed E-state index contributed by atoms with van der Waals surface area (Å²) in [7, 11) is 0. The fourth-order valence-corrected chi connectivity index (χ4v) is 5.33. The van der Waals surface area contributed by atoms with Crippen LogP contribution in [0.3, 0.4) is 0 Å². The number of carbonyl (C=O) groups excluding carboxylic acids is 1. The molecular formula is C29H50BrN3O3. The van der Waals surface area contributed by atoms with Gasteiger partial charge in [-0.05, 0) is 13.3 Å². The van der Waals surface area contributed by atoms with Crippen molar-refractivity contribution in [2.45, 2.75) is 110 Å². The highest BCUT2D eigenvalue weighted by molar-refractivity contribution is 5.76. The molecule has 1 aromatic carbocycles. The number of quaternary nitrogens is 1. The van der Waals surface area contributed by atoms with Crippen molar-refractivity contribution in [1.29, 1.82) is 0 Å². The molecule has 0 radical (unpaired) electrons. The van der Waals surface area contributed by atoms with Gasteiger partial charge < -0.3 is 26.4 Å². The lowest BCUT2D eigenvalue weighted by Crippen LogP contribution is -3.00. The van der Waals surface area contributed by atoms with Gasteiger partial charge in [-0.1, -0.05) is 96.1 Å². The van der Waals surface area contributed by atoms with Crippen LogP contribution in [0.2, 0.25) is 0 Å². The second-order valence-electron chi connectivity index (χ2n) is 10.6. The molecule has 1 heterocycles. The van der Waals surface area contributed by atoms with Crippen LogP contribution in [0, 0.1) is 10.1 Å². The fourth-order valence-electron chi connectivity index (χ4n) is 5.33. The Hall–Kier alpha value is -1.47. The van der Waals surface area contributed by atoms with Crippen molar-refractivity contribution in [2.75, 3.05) is 32.7 Å². The molecule has 1 amide bonds. The smallest absolute Gasteiger partial charge is 0.269 e. The third-order valence-electron chi connectivity index (χ3n) is 7.85. The first-order valence-electron chi connectivity index (χ1n) is 14.4. The summed E-state index contributed by atoms with van der Waals surface area (Å²) in [5.41, 5.74) is 1.16. The number of non-ortho nitro benzene ring substituents is 1. The third-order valence-corrected chi connectivity index (χ3v) is 7.85. The minimum atomic E-state index is -0.327. The van der Waals surface area contributed by atoms with Crippen molar-refractivity contribution in [3.05, 3.63) is 39.9 Å². The number of nitro groups is 1. The molecule has 0 unspecified atom stereocenters. The lowest BCUT2D eigenvalue weighted by molar-refractivity contribution is -0.942. The average Bonchev–Trinajstić information content (AvgIpc) is 2.87. The van der Waals surface area contributed by atoms with Crippen LogP contribution in [-0.4, -0.2) is 52.9 Å². The number of hydrogen-bond donors (Lipinski definition) is 0. The van der Waals surface area contributed by atoms with E-state index < -0.39 is 0 Å². The first kappa shape index (κ1) is 32.6. The molecule has 1 saturated heterocycles. The molecule has 7 heteroatoms. The maximum Gasteiger partial charge on any atom is 0.269 e. The summed E-state index contributed by atoms with van der Waals surface area (Å²) < 4.78 is 0.893. The van der Waals surface area contributed by atoms with Crippen LogP contribution in [0.1, 0.15) is 109 Å². The maximum atomic E-state index is 12.7. The summed E-state index contributed by atoms with van der Waals surface area (Å²) in [6.45, 7) is 9.64. The minimum absolute atomic E-state index is 0. The highest BCUT2D eigenvalue weighted by Crippen LogP contribution is 2.22. The van der Waals surface area contributed by atoms with E-state index in [0.29, 0.717) is 12.3 Å². The Morgan fingerprint density at radius 1 is 0.889 bits per heavy atom. The van der Waals surface area contributed by atoms with E-state index in [4.69, 9.17) is 0 Å². The van der Waals surface area contributed by atoms with E-state index in [2.05, 4.69) is 13.8 Å². The van der Waals surface area contributed by atoms with E-state index in [1.807, 2.05) is 11.0 Å². The molecule has 6 nitrogen and oxygen atoms in total. The SMILES string of the molecule is CCCCCCCCCCCCCCCC(=O)N1CC[N+](CC)(Cc2cccc([N+](=O)[O-])c2)CC1.[Br-]. The number of amides is 1. The third kappa shape index (κ3) is 12.2. The number of nitrogens with zero attached hydrogens (tertiary/aromatic N) is 3. The molecule has 0 aliphatic carbocycles. The summed E-state index contributed by atoms with van der Waals surface area (Å²) in [5, 5.41) is 11.1. The number of halogens is 1. The molecule has 0 atom stereocenters. The van der Waals surface area contributed by atoms with Crippen molar-refractivity contribution in [3.63, 3.8) is 0 Å². The Balaban J connectivity index is 0.00000648. The Labute approximate surface area is 230 Å². The Morgan fingerprint density at radius 2 is 1.42 bits per heavy atom. The van der Waals surface area contributed by atoms with Crippen LogP contribution < -0.4 is 17.0 Å². The number of rotatable bonds is 18. The number of hydrogen-bond acceptors (Lipinski definition) is 3. The predicted molar refractivity (Wildman–Crippen MR) is 144 cm³/mol. The monoisotopic (exact) mass is 567 g/mol. The van der Waals surface area contributed by atoms with Crippen molar-refractivity contribution in [2.24, 2.45) is 0 Å². The molecular weight excluding hydrogens is 518 g/mol. The molecule has 0 bridgehead atoms. The summed E-state index contributed by atoms with van der Waals surface area (Å²) >= 11 is 0. The Kier molecular flexibility index (Phi) is 16.9. The van der Waals surface area contributed by atoms with Crippen molar-refractivity contribution in [3.8, 4) is 0 Å². The summed E-state index contributed by atoms with van der Waals surface area (Å²) in [6.07, 6.45) is 17.9. The van der Waals surface area contributed by atoms with Crippen molar-refractivity contribution in [1.82, 2.24) is 4.90 Å². The van der Waals surface area contributed by atoms with E-state index in [1.165, 1.54) is 77.0 Å². The van der Waals surface area contributed by atoms with Crippen LogP contribution in [0.25, 0.3) is 0 Å². The van der Waals surface area contributed by atoms with Crippen molar-refractivity contribution < 1.29 is 31.2 Å². The second-order valence-corrected chi connectivity index (χ2v) is 10.6. The summed E-state index contributed by atoms with van der Waals surface area (Å²) in [6, 6.07) is 7.00. The second kappa shape index (κ2) is 18.7. The Morgan fingerprint density at radius 3 is 1.92 bits per heavy atom. The molecule has 2 rings (SSSR count). The molecule has 0 spiro atoms. The average molecular weight is 569 g/mol. The van der Waals surface area contributed by atoms with Crippen LogP contribution in [-0.2, 0) is 11.3 Å². The molecule has 0 aromatic heterocycles. The van der Waals surface area contributed by atoms with E-state index in [9.17, 15) is 14.9 Å². The zero-order valence-corrected chi connectivity index (χ0v) is 24.5. The number of benzene rings is 1. The molecule has 1 aliphatic heterocycles.